The topological polar surface area (TPSA) is 57.6 Å². The van der Waals surface area contributed by atoms with Crippen LogP contribution in [0.5, 0.6) is 0 Å². The van der Waals surface area contributed by atoms with Crippen LogP contribution in [0.25, 0.3) is 0 Å². The number of carbonyl (C=O) groups is 2. The molecule has 1 aliphatic heterocycles. The molecule has 1 amide bonds. The third-order valence-corrected chi connectivity index (χ3v) is 3.53. The molecule has 2 aliphatic rings. The molecule has 0 radical (unpaired) electrons. The molecule has 1 N–H and O–H groups in total. The molecule has 2 rings (SSSR count). The van der Waals surface area contributed by atoms with E-state index >= 15 is 0 Å². The SMILES string of the molecule is C[C@@]1(C(=O)N2C[C@H](F)C[C@H]2C(=O)O)CC1(F)F. The quantitative estimate of drug-likeness (QED) is 0.798. The first-order valence-corrected chi connectivity index (χ1v) is 5.25. The number of carboxylic acid groups (broad SMARTS) is 1. The van der Waals surface area contributed by atoms with E-state index in [1.165, 1.54) is 0 Å². The van der Waals surface area contributed by atoms with Gasteiger partial charge in [0, 0.05) is 12.8 Å². The lowest BCUT2D eigenvalue weighted by atomic mass is 10.1. The van der Waals surface area contributed by atoms with Gasteiger partial charge in [-0.2, -0.15) is 0 Å². The molecular formula is C10H12F3NO3. The van der Waals surface area contributed by atoms with E-state index in [9.17, 15) is 22.8 Å². The molecular weight excluding hydrogens is 239 g/mol. The van der Waals surface area contributed by atoms with E-state index in [1.807, 2.05) is 0 Å². The zero-order valence-corrected chi connectivity index (χ0v) is 9.12. The average Bonchev–Trinajstić information content (AvgIpc) is 2.59. The number of halogens is 3. The Kier molecular flexibility index (Phi) is 2.41. The standard InChI is InChI=1S/C10H12F3NO3/c1-9(4-10(9,12)13)8(17)14-3-5(11)2-6(14)7(15)16/h5-6H,2-4H2,1H3,(H,15,16)/t5-,6+,9+/m1/s1. The van der Waals surface area contributed by atoms with E-state index in [1.54, 1.807) is 0 Å². The van der Waals surface area contributed by atoms with Crippen LogP contribution in [0.2, 0.25) is 0 Å². The van der Waals surface area contributed by atoms with Crippen molar-refractivity contribution in [2.24, 2.45) is 5.41 Å². The molecule has 0 unspecified atom stereocenters. The second-order valence-corrected chi connectivity index (χ2v) is 4.86. The number of carboxylic acids is 1. The van der Waals surface area contributed by atoms with Gasteiger partial charge in [0.1, 0.15) is 17.6 Å². The monoisotopic (exact) mass is 251 g/mol. The van der Waals surface area contributed by atoms with E-state index in [2.05, 4.69) is 0 Å². The van der Waals surface area contributed by atoms with Gasteiger partial charge < -0.3 is 10.0 Å². The molecule has 3 atom stereocenters. The smallest absolute Gasteiger partial charge is 0.326 e. The summed E-state index contributed by atoms with van der Waals surface area (Å²) >= 11 is 0. The van der Waals surface area contributed by atoms with Crippen molar-refractivity contribution in [1.82, 2.24) is 4.90 Å². The Morgan fingerprint density at radius 1 is 1.41 bits per heavy atom. The number of likely N-dealkylation sites (tertiary alicyclic amines) is 1. The van der Waals surface area contributed by atoms with Crippen molar-refractivity contribution in [3.63, 3.8) is 0 Å². The summed E-state index contributed by atoms with van der Waals surface area (Å²) in [6.07, 6.45) is -2.39. The lowest BCUT2D eigenvalue weighted by Crippen LogP contribution is -2.45. The summed E-state index contributed by atoms with van der Waals surface area (Å²) in [5.41, 5.74) is -1.86. The molecule has 0 spiro atoms. The molecule has 1 aliphatic carbocycles. The highest BCUT2D eigenvalue weighted by Crippen LogP contribution is 2.61. The van der Waals surface area contributed by atoms with Gasteiger partial charge >= 0.3 is 5.97 Å². The van der Waals surface area contributed by atoms with E-state index in [4.69, 9.17) is 5.11 Å². The van der Waals surface area contributed by atoms with Gasteiger partial charge in [-0.15, -0.1) is 0 Å². The first-order valence-electron chi connectivity index (χ1n) is 5.25. The third kappa shape index (κ3) is 1.68. The average molecular weight is 251 g/mol. The minimum Gasteiger partial charge on any atom is -0.480 e. The molecule has 17 heavy (non-hydrogen) atoms. The predicted molar refractivity (Wildman–Crippen MR) is 50.3 cm³/mol. The fraction of sp³-hybridized carbons (Fsp3) is 0.800. The van der Waals surface area contributed by atoms with Gasteiger partial charge in [0.25, 0.3) is 5.92 Å². The van der Waals surface area contributed by atoms with E-state index in [0.29, 0.717) is 0 Å². The number of rotatable bonds is 2. The summed E-state index contributed by atoms with van der Waals surface area (Å²) in [5, 5.41) is 8.82. The van der Waals surface area contributed by atoms with E-state index < -0.39 is 48.4 Å². The predicted octanol–water partition coefficient (Wildman–Crippen LogP) is 1.06. The van der Waals surface area contributed by atoms with Crippen molar-refractivity contribution in [2.45, 2.75) is 37.9 Å². The number of nitrogens with zero attached hydrogens (tertiary/aromatic N) is 1. The summed E-state index contributed by atoms with van der Waals surface area (Å²) < 4.78 is 39.1. The Labute approximate surface area is 95.4 Å². The van der Waals surface area contributed by atoms with E-state index in [0.717, 1.165) is 11.8 Å². The van der Waals surface area contributed by atoms with Gasteiger partial charge in [-0.05, 0) is 6.92 Å². The van der Waals surface area contributed by atoms with Crippen LogP contribution in [0.3, 0.4) is 0 Å². The van der Waals surface area contributed by atoms with Crippen molar-refractivity contribution in [2.75, 3.05) is 6.54 Å². The number of carbonyl (C=O) groups excluding carboxylic acids is 1. The highest BCUT2D eigenvalue weighted by Gasteiger charge is 2.74. The molecule has 1 heterocycles. The van der Waals surface area contributed by atoms with Crippen molar-refractivity contribution in [3.05, 3.63) is 0 Å². The van der Waals surface area contributed by atoms with Crippen LogP contribution in [0.4, 0.5) is 13.2 Å². The molecule has 4 nitrogen and oxygen atoms in total. The Hall–Kier alpha value is -1.27. The number of hydrogen-bond acceptors (Lipinski definition) is 2. The first kappa shape index (κ1) is 12.2. The largest absolute Gasteiger partial charge is 0.480 e. The molecule has 1 saturated carbocycles. The van der Waals surface area contributed by atoms with Crippen molar-refractivity contribution < 1.29 is 27.9 Å². The van der Waals surface area contributed by atoms with Crippen LogP contribution in [0, 0.1) is 5.41 Å². The summed E-state index contributed by atoms with van der Waals surface area (Å²) in [5.74, 6) is -5.43. The first-order chi connectivity index (χ1) is 7.69. The van der Waals surface area contributed by atoms with Gasteiger partial charge in [-0.25, -0.2) is 18.0 Å². The molecule has 7 heteroatoms. The number of hydrogen-bond donors (Lipinski definition) is 1. The molecule has 0 aromatic heterocycles. The fourth-order valence-electron chi connectivity index (χ4n) is 2.19. The van der Waals surface area contributed by atoms with Crippen molar-refractivity contribution >= 4 is 11.9 Å². The lowest BCUT2D eigenvalue weighted by Gasteiger charge is -2.24. The van der Waals surface area contributed by atoms with Crippen LogP contribution in [-0.4, -0.2) is 46.6 Å². The van der Waals surface area contributed by atoms with Crippen LogP contribution in [0.1, 0.15) is 19.8 Å². The van der Waals surface area contributed by atoms with Crippen LogP contribution in [0.15, 0.2) is 0 Å². The summed E-state index contributed by atoms with van der Waals surface area (Å²) in [6.45, 7) is 0.668. The van der Waals surface area contributed by atoms with Crippen LogP contribution >= 0.6 is 0 Å². The van der Waals surface area contributed by atoms with Crippen LogP contribution < -0.4 is 0 Å². The minimum atomic E-state index is -3.11. The van der Waals surface area contributed by atoms with Gasteiger partial charge in [0.2, 0.25) is 5.91 Å². The van der Waals surface area contributed by atoms with Gasteiger partial charge in [0.05, 0.1) is 6.54 Å². The maximum atomic E-state index is 13.1. The highest BCUT2D eigenvalue weighted by atomic mass is 19.3. The second kappa shape index (κ2) is 3.36. The number of aliphatic carboxylic acids is 1. The zero-order valence-electron chi connectivity index (χ0n) is 9.12. The molecule has 96 valence electrons. The molecule has 0 aromatic rings. The number of amides is 1. The highest BCUT2D eigenvalue weighted by molar-refractivity contribution is 5.91. The van der Waals surface area contributed by atoms with Gasteiger partial charge in [0.15, 0.2) is 0 Å². The van der Waals surface area contributed by atoms with Gasteiger partial charge in [-0.1, -0.05) is 0 Å². The number of alkyl halides is 3. The molecule has 2 fully saturated rings. The molecule has 0 bridgehead atoms. The summed E-state index contributed by atoms with van der Waals surface area (Å²) in [7, 11) is 0. The summed E-state index contributed by atoms with van der Waals surface area (Å²) in [6, 6.07) is -1.33. The van der Waals surface area contributed by atoms with E-state index in [-0.39, 0.29) is 6.42 Å². The second-order valence-electron chi connectivity index (χ2n) is 4.86. The van der Waals surface area contributed by atoms with Gasteiger partial charge in [-0.3, -0.25) is 4.79 Å². The Morgan fingerprint density at radius 2 is 1.94 bits per heavy atom. The Balaban J connectivity index is 2.18. The maximum absolute atomic E-state index is 13.1. The third-order valence-electron chi connectivity index (χ3n) is 3.53. The summed E-state index contributed by atoms with van der Waals surface area (Å²) in [4.78, 5) is 23.4. The Bertz CT molecular complexity index is 387. The fourth-order valence-corrected chi connectivity index (χ4v) is 2.19. The minimum absolute atomic E-state index is 0.331. The van der Waals surface area contributed by atoms with Crippen molar-refractivity contribution in [3.8, 4) is 0 Å². The molecule has 1 saturated heterocycles. The van der Waals surface area contributed by atoms with Crippen LogP contribution in [-0.2, 0) is 9.59 Å². The normalized spacial score (nSPS) is 39.2. The molecule has 0 aromatic carbocycles. The maximum Gasteiger partial charge on any atom is 0.326 e. The zero-order chi connectivity index (χ0) is 13.0. The Morgan fingerprint density at radius 3 is 2.35 bits per heavy atom. The lowest BCUT2D eigenvalue weighted by molar-refractivity contribution is -0.152. The van der Waals surface area contributed by atoms with Crippen molar-refractivity contribution in [1.29, 1.82) is 0 Å².